The first kappa shape index (κ1) is 13.1. The number of benzene rings is 1. The number of aryl methyl sites for hydroxylation is 1. The summed E-state index contributed by atoms with van der Waals surface area (Å²) in [5, 5.41) is 2.99. The van der Waals surface area contributed by atoms with Gasteiger partial charge in [0.15, 0.2) is 0 Å². The summed E-state index contributed by atoms with van der Waals surface area (Å²) in [7, 11) is 0. The maximum atomic E-state index is 11.8. The summed E-state index contributed by atoms with van der Waals surface area (Å²) >= 11 is 0. The molecule has 0 radical (unpaired) electrons. The van der Waals surface area contributed by atoms with Gasteiger partial charge in [0.2, 0.25) is 5.91 Å². The second-order valence-corrected chi connectivity index (χ2v) is 5.11. The van der Waals surface area contributed by atoms with Crippen LogP contribution in [0.15, 0.2) is 12.1 Å². The number of amides is 1. The standard InChI is InChI=1S/C15H22N2O/c1-4-6-13(16)12-8-10(5-2)7-11-9(3)15(18)17-14(11)12/h7-9,13H,4-6,16H2,1-3H3,(H,17,18). The van der Waals surface area contributed by atoms with Crippen LogP contribution in [0.2, 0.25) is 0 Å². The zero-order valence-corrected chi connectivity index (χ0v) is 11.4. The van der Waals surface area contributed by atoms with Crippen LogP contribution >= 0.6 is 0 Å². The lowest BCUT2D eigenvalue weighted by atomic mass is 9.92. The molecular formula is C15H22N2O. The number of nitrogens with one attached hydrogen (secondary N) is 1. The molecule has 0 spiro atoms. The van der Waals surface area contributed by atoms with Crippen molar-refractivity contribution in [3.8, 4) is 0 Å². The number of nitrogens with two attached hydrogens (primary N) is 1. The summed E-state index contributed by atoms with van der Waals surface area (Å²) in [4.78, 5) is 11.8. The van der Waals surface area contributed by atoms with Crippen LogP contribution in [0, 0.1) is 0 Å². The number of anilines is 1. The molecule has 18 heavy (non-hydrogen) atoms. The zero-order valence-electron chi connectivity index (χ0n) is 11.4. The van der Waals surface area contributed by atoms with Crippen molar-refractivity contribution >= 4 is 11.6 Å². The molecule has 0 aliphatic carbocycles. The van der Waals surface area contributed by atoms with Gasteiger partial charge in [0, 0.05) is 11.7 Å². The highest BCUT2D eigenvalue weighted by atomic mass is 16.2. The fourth-order valence-electron chi connectivity index (χ4n) is 2.57. The van der Waals surface area contributed by atoms with Crippen molar-refractivity contribution in [1.82, 2.24) is 0 Å². The Morgan fingerprint density at radius 3 is 2.72 bits per heavy atom. The van der Waals surface area contributed by atoms with E-state index in [2.05, 4.69) is 31.3 Å². The van der Waals surface area contributed by atoms with Gasteiger partial charge in [0.05, 0.1) is 5.92 Å². The Balaban J connectivity index is 2.50. The molecule has 0 saturated carbocycles. The predicted molar refractivity (Wildman–Crippen MR) is 74.7 cm³/mol. The number of fused-ring (bicyclic) bond motifs is 1. The van der Waals surface area contributed by atoms with Crippen molar-refractivity contribution < 1.29 is 4.79 Å². The van der Waals surface area contributed by atoms with Crippen LogP contribution < -0.4 is 11.1 Å². The quantitative estimate of drug-likeness (QED) is 0.857. The first-order valence-corrected chi connectivity index (χ1v) is 6.81. The van der Waals surface area contributed by atoms with Crippen LogP contribution in [-0.2, 0) is 11.2 Å². The fourth-order valence-corrected chi connectivity index (χ4v) is 2.57. The Kier molecular flexibility index (Phi) is 3.71. The van der Waals surface area contributed by atoms with Gasteiger partial charge in [0.1, 0.15) is 0 Å². The molecular weight excluding hydrogens is 224 g/mol. The van der Waals surface area contributed by atoms with E-state index in [1.165, 1.54) is 5.56 Å². The summed E-state index contributed by atoms with van der Waals surface area (Å²) in [5.41, 5.74) is 10.7. The van der Waals surface area contributed by atoms with Crippen molar-refractivity contribution in [2.24, 2.45) is 5.73 Å². The van der Waals surface area contributed by atoms with Crippen molar-refractivity contribution in [2.45, 2.75) is 52.0 Å². The van der Waals surface area contributed by atoms with Crippen LogP contribution in [-0.4, -0.2) is 5.91 Å². The van der Waals surface area contributed by atoms with Gasteiger partial charge in [-0.2, -0.15) is 0 Å². The molecule has 98 valence electrons. The number of carbonyl (C=O) groups is 1. The smallest absolute Gasteiger partial charge is 0.231 e. The van der Waals surface area contributed by atoms with Crippen LogP contribution in [0.5, 0.6) is 0 Å². The molecule has 3 heteroatoms. The van der Waals surface area contributed by atoms with Gasteiger partial charge in [-0.1, -0.05) is 32.4 Å². The molecule has 1 aliphatic heterocycles. The normalized spacial score (nSPS) is 19.6. The van der Waals surface area contributed by atoms with E-state index in [9.17, 15) is 4.79 Å². The Morgan fingerprint density at radius 1 is 1.39 bits per heavy atom. The summed E-state index contributed by atoms with van der Waals surface area (Å²) < 4.78 is 0. The number of hydrogen-bond donors (Lipinski definition) is 2. The van der Waals surface area contributed by atoms with E-state index in [0.717, 1.165) is 36.1 Å². The highest BCUT2D eigenvalue weighted by Crippen LogP contribution is 2.39. The molecule has 1 heterocycles. The van der Waals surface area contributed by atoms with Gasteiger partial charge in [-0.15, -0.1) is 0 Å². The van der Waals surface area contributed by atoms with Crippen molar-refractivity contribution in [2.75, 3.05) is 5.32 Å². The molecule has 1 aliphatic rings. The SMILES string of the molecule is CCCC(N)c1cc(CC)cc2c1NC(=O)C2C. The van der Waals surface area contributed by atoms with Crippen LogP contribution in [0.25, 0.3) is 0 Å². The Hall–Kier alpha value is -1.35. The average molecular weight is 246 g/mol. The minimum Gasteiger partial charge on any atom is -0.325 e. The van der Waals surface area contributed by atoms with Crippen LogP contribution in [0.4, 0.5) is 5.69 Å². The molecule has 2 unspecified atom stereocenters. The van der Waals surface area contributed by atoms with Gasteiger partial charge < -0.3 is 11.1 Å². The molecule has 3 N–H and O–H groups in total. The lowest BCUT2D eigenvalue weighted by Crippen LogP contribution is -2.13. The molecule has 1 aromatic carbocycles. The topological polar surface area (TPSA) is 55.1 Å². The molecule has 0 bridgehead atoms. The largest absolute Gasteiger partial charge is 0.325 e. The zero-order chi connectivity index (χ0) is 13.3. The number of carbonyl (C=O) groups excluding carboxylic acids is 1. The van der Waals surface area contributed by atoms with Crippen molar-refractivity contribution in [3.63, 3.8) is 0 Å². The van der Waals surface area contributed by atoms with E-state index in [4.69, 9.17) is 5.73 Å². The predicted octanol–water partition coefficient (Wildman–Crippen LogP) is 3.10. The third-order valence-electron chi connectivity index (χ3n) is 3.77. The second kappa shape index (κ2) is 5.11. The van der Waals surface area contributed by atoms with Crippen LogP contribution in [0.3, 0.4) is 0 Å². The number of hydrogen-bond acceptors (Lipinski definition) is 2. The molecule has 0 fully saturated rings. The molecule has 2 atom stereocenters. The third-order valence-corrected chi connectivity index (χ3v) is 3.77. The minimum absolute atomic E-state index is 0.0147. The minimum atomic E-state index is -0.0564. The van der Waals surface area contributed by atoms with E-state index < -0.39 is 0 Å². The Labute approximate surface area is 109 Å². The molecule has 1 amide bonds. The van der Waals surface area contributed by atoms with Crippen molar-refractivity contribution in [3.05, 3.63) is 28.8 Å². The molecule has 1 aromatic rings. The highest BCUT2D eigenvalue weighted by molar-refractivity contribution is 6.03. The highest BCUT2D eigenvalue weighted by Gasteiger charge is 2.30. The van der Waals surface area contributed by atoms with E-state index in [0.29, 0.717) is 0 Å². The summed E-state index contributed by atoms with van der Waals surface area (Å²) in [5.74, 6) is 0.0299. The monoisotopic (exact) mass is 246 g/mol. The fraction of sp³-hybridized carbons (Fsp3) is 0.533. The first-order chi connectivity index (χ1) is 8.58. The Morgan fingerprint density at radius 2 is 2.11 bits per heavy atom. The lowest BCUT2D eigenvalue weighted by Gasteiger charge is -2.17. The second-order valence-electron chi connectivity index (χ2n) is 5.11. The summed E-state index contributed by atoms with van der Waals surface area (Å²) in [6.07, 6.45) is 2.97. The molecule has 2 rings (SSSR count). The number of rotatable bonds is 4. The van der Waals surface area contributed by atoms with E-state index in [-0.39, 0.29) is 17.9 Å². The maximum absolute atomic E-state index is 11.8. The molecule has 0 saturated heterocycles. The van der Waals surface area contributed by atoms with Crippen molar-refractivity contribution in [1.29, 1.82) is 0 Å². The third kappa shape index (κ3) is 2.15. The molecule has 3 nitrogen and oxygen atoms in total. The molecule has 0 aromatic heterocycles. The van der Waals surface area contributed by atoms with Gasteiger partial charge in [-0.3, -0.25) is 4.79 Å². The van der Waals surface area contributed by atoms with E-state index in [1.807, 2.05) is 6.92 Å². The van der Waals surface area contributed by atoms with Crippen LogP contribution in [0.1, 0.15) is 62.3 Å². The summed E-state index contributed by atoms with van der Waals surface area (Å²) in [6.45, 7) is 6.21. The van der Waals surface area contributed by atoms with Gasteiger partial charge in [-0.25, -0.2) is 0 Å². The van der Waals surface area contributed by atoms with E-state index in [1.54, 1.807) is 0 Å². The maximum Gasteiger partial charge on any atom is 0.231 e. The van der Waals surface area contributed by atoms with Gasteiger partial charge >= 0.3 is 0 Å². The Bertz CT molecular complexity index is 468. The average Bonchev–Trinajstić information content (AvgIpc) is 2.65. The van der Waals surface area contributed by atoms with Gasteiger partial charge in [-0.05, 0) is 36.5 Å². The lowest BCUT2D eigenvalue weighted by molar-refractivity contribution is -0.116. The van der Waals surface area contributed by atoms with E-state index >= 15 is 0 Å². The van der Waals surface area contributed by atoms with Gasteiger partial charge in [0.25, 0.3) is 0 Å². The summed E-state index contributed by atoms with van der Waals surface area (Å²) in [6, 6.07) is 4.30. The first-order valence-electron chi connectivity index (χ1n) is 6.81.